The van der Waals surface area contributed by atoms with E-state index < -0.39 is 0 Å². The third-order valence-electron chi connectivity index (χ3n) is 5.27. The molecule has 1 fully saturated rings. The Morgan fingerprint density at radius 1 is 1.19 bits per heavy atom. The summed E-state index contributed by atoms with van der Waals surface area (Å²) in [6.45, 7) is 13.1. The van der Waals surface area contributed by atoms with Crippen LogP contribution >= 0.6 is 24.0 Å². The van der Waals surface area contributed by atoms with Crippen LogP contribution in [0.2, 0.25) is 0 Å². The van der Waals surface area contributed by atoms with Gasteiger partial charge in [-0.05, 0) is 56.2 Å². The van der Waals surface area contributed by atoms with Crippen molar-refractivity contribution in [2.24, 2.45) is 10.9 Å². The van der Waals surface area contributed by atoms with Crippen LogP contribution in [0.3, 0.4) is 0 Å². The first-order valence-corrected chi connectivity index (χ1v) is 11.6. The Labute approximate surface area is 206 Å². The van der Waals surface area contributed by atoms with Gasteiger partial charge in [-0.15, -0.1) is 24.0 Å². The molecule has 0 saturated carbocycles. The van der Waals surface area contributed by atoms with Crippen LogP contribution in [0.15, 0.2) is 29.3 Å². The quantitative estimate of drug-likeness (QED) is 0.180. The lowest BCUT2D eigenvalue weighted by Crippen LogP contribution is -2.49. The van der Waals surface area contributed by atoms with Gasteiger partial charge in [0.05, 0.1) is 6.61 Å². The first-order chi connectivity index (χ1) is 14.6. The number of hydrogen-bond donors (Lipinski definition) is 2. The highest BCUT2D eigenvalue weighted by Gasteiger charge is 2.19. The highest BCUT2D eigenvalue weighted by atomic mass is 127. The number of nitrogens with one attached hydrogen (secondary N) is 2. The van der Waals surface area contributed by atoms with Crippen molar-refractivity contribution >= 4 is 29.9 Å². The van der Waals surface area contributed by atoms with Gasteiger partial charge in [0.25, 0.3) is 0 Å². The van der Waals surface area contributed by atoms with Crippen LogP contribution < -0.4 is 15.4 Å². The number of nitrogens with zero attached hydrogens (tertiary/aromatic N) is 2. The van der Waals surface area contributed by atoms with E-state index in [-0.39, 0.29) is 24.0 Å². The van der Waals surface area contributed by atoms with E-state index in [9.17, 15) is 0 Å². The fourth-order valence-corrected chi connectivity index (χ4v) is 3.56. The van der Waals surface area contributed by atoms with Gasteiger partial charge in [-0.1, -0.05) is 26.0 Å². The van der Waals surface area contributed by atoms with Crippen molar-refractivity contribution in [2.75, 3.05) is 53.0 Å². The molecule has 1 heterocycles. The summed E-state index contributed by atoms with van der Waals surface area (Å²) in [5, 5.41) is 7.03. The second-order valence-corrected chi connectivity index (χ2v) is 8.47. The van der Waals surface area contributed by atoms with E-state index in [1.165, 1.54) is 5.56 Å². The van der Waals surface area contributed by atoms with Crippen molar-refractivity contribution < 1.29 is 9.47 Å². The van der Waals surface area contributed by atoms with Gasteiger partial charge in [-0.2, -0.15) is 0 Å². The largest absolute Gasteiger partial charge is 0.493 e. The molecule has 0 spiro atoms. The molecular weight excluding hydrogens is 503 g/mol. The number of likely N-dealkylation sites (tertiary alicyclic amines) is 1. The predicted molar refractivity (Wildman–Crippen MR) is 141 cm³/mol. The molecule has 0 atom stereocenters. The topological polar surface area (TPSA) is 58.1 Å². The minimum absolute atomic E-state index is 0. The average molecular weight is 547 g/mol. The lowest BCUT2D eigenvalue weighted by molar-refractivity contribution is 0.155. The Balaban J connectivity index is 0.00000480. The number of benzene rings is 1. The van der Waals surface area contributed by atoms with E-state index in [1.807, 2.05) is 0 Å². The van der Waals surface area contributed by atoms with E-state index in [2.05, 4.69) is 60.6 Å². The van der Waals surface area contributed by atoms with Gasteiger partial charge >= 0.3 is 0 Å². The first-order valence-electron chi connectivity index (χ1n) is 11.6. The Morgan fingerprint density at radius 2 is 1.90 bits per heavy atom. The molecule has 0 aliphatic carbocycles. The number of rotatable bonds is 12. The third kappa shape index (κ3) is 11.9. The number of hydrogen-bond acceptors (Lipinski definition) is 4. The summed E-state index contributed by atoms with van der Waals surface area (Å²) in [5.74, 6) is 2.42. The smallest absolute Gasteiger partial charge is 0.191 e. The van der Waals surface area contributed by atoms with E-state index >= 15 is 0 Å². The van der Waals surface area contributed by atoms with E-state index in [1.54, 1.807) is 7.11 Å². The first kappa shape index (κ1) is 28.0. The van der Waals surface area contributed by atoms with Crippen molar-refractivity contribution in [3.63, 3.8) is 0 Å². The van der Waals surface area contributed by atoms with E-state index in [4.69, 9.17) is 14.5 Å². The monoisotopic (exact) mass is 546 g/mol. The number of aliphatic imine (C=N–C) groups is 1. The second kappa shape index (κ2) is 16.6. The maximum absolute atomic E-state index is 5.76. The van der Waals surface area contributed by atoms with Gasteiger partial charge in [-0.25, -0.2) is 0 Å². The number of piperidine rings is 1. The van der Waals surface area contributed by atoms with E-state index in [0.29, 0.717) is 12.0 Å². The molecule has 31 heavy (non-hydrogen) atoms. The van der Waals surface area contributed by atoms with Crippen molar-refractivity contribution in [3.05, 3.63) is 29.8 Å². The predicted octanol–water partition coefficient (Wildman–Crippen LogP) is 3.94. The Kier molecular flexibility index (Phi) is 14.9. The fraction of sp³-hybridized carbons (Fsp3) is 0.708. The molecule has 1 aromatic rings. The highest BCUT2D eigenvalue weighted by Crippen LogP contribution is 2.14. The lowest BCUT2D eigenvalue weighted by Gasteiger charge is -2.33. The van der Waals surface area contributed by atoms with Gasteiger partial charge in [0.2, 0.25) is 0 Å². The van der Waals surface area contributed by atoms with Crippen LogP contribution in [-0.4, -0.2) is 69.9 Å². The standard InChI is InChI=1S/C24H42N4O2.HI/c1-5-25-24(27-22-12-16-28(17-13-22)15-6-18-29-4)26-14-11-21-7-9-23(10-8-21)30-19-20(2)3;/h7-10,20,22H,5-6,11-19H2,1-4H3,(H2,25,26,27);1H. The third-order valence-corrected chi connectivity index (χ3v) is 5.27. The summed E-state index contributed by atoms with van der Waals surface area (Å²) in [7, 11) is 1.77. The summed E-state index contributed by atoms with van der Waals surface area (Å²) in [5.41, 5.74) is 1.29. The normalized spacial score (nSPS) is 15.6. The molecule has 6 nitrogen and oxygen atoms in total. The lowest BCUT2D eigenvalue weighted by atomic mass is 10.1. The Morgan fingerprint density at radius 3 is 2.52 bits per heavy atom. The van der Waals surface area contributed by atoms with Crippen molar-refractivity contribution in [3.8, 4) is 5.75 Å². The summed E-state index contributed by atoms with van der Waals surface area (Å²) in [6, 6.07) is 8.91. The molecule has 2 N–H and O–H groups in total. The molecule has 0 radical (unpaired) electrons. The molecule has 1 saturated heterocycles. The Bertz CT molecular complexity index is 602. The average Bonchev–Trinajstić information content (AvgIpc) is 2.74. The molecular formula is C24H43IN4O2. The van der Waals surface area contributed by atoms with Crippen molar-refractivity contribution in [1.29, 1.82) is 0 Å². The number of methoxy groups -OCH3 is 1. The van der Waals surface area contributed by atoms with Crippen LogP contribution in [0, 0.1) is 5.92 Å². The number of halogens is 1. The maximum atomic E-state index is 5.76. The molecule has 0 aromatic heterocycles. The molecule has 178 valence electrons. The molecule has 0 unspecified atom stereocenters. The van der Waals surface area contributed by atoms with Crippen LogP contribution in [0.25, 0.3) is 0 Å². The maximum Gasteiger partial charge on any atom is 0.191 e. The van der Waals surface area contributed by atoms with Gasteiger partial charge in [0, 0.05) is 52.5 Å². The SMILES string of the molecule is CCNC(=NCCc1ccc(OCC(C)C)cc1)NC1CCN(CCCOC)CC1.I. The highest BCUT2D eigenvalue weighted by molar-refractivity contribution is 14.0. The minimum Gasteiger partial charge on any atom is -0.493 e. The molecule has 2 rings (SSSR count). The molecule has 1 aromatic carbocycles. The number of ether oxygens (including phenoxy) is 2. The van der Waals surface area contributed by atoms with E-state index in [0.717, 1.165) is 83.3 Å². The van der Waals surface area contributed by atoms with Crippen molar-refractivity contribution in [2.45, 2.75) is 52.5 Å². The molecule has 0 amide bonds. The summed E-state index contributed by atoms with van der Waals surface area (Å²) in [6.07, 6.45) is 4.37. The van der Waals surface area contributed by atoms with Crippen LogP contribution in [0.1, 0.15) is 45.6 Å². The van der Waals surface area contributed by atoms with Gasteiger partial charge < -0.3 is 25.0 Å². The Hall–Kier alpha value is -1.06. The minimum atomic E-state index is 0. The summed E-state index contributed by atoms with van der Waals surface area (Å²) >= 11 is 0. The van der Waals surface area contributed by atoms with Gasteiger partial charge in [0.1, 0.15) is 5.75 Å². The van der Waals surface area contributed by atoms with Gasteiger partial charge in [-0.3, -0.25) is 4.99 Å². The zero-order chi connectivity index (χ0) is 21.6. The summed E-state index contributed by atoms with van der Waals surface area (Å²) in [4.78, 5) is 7.34. The van der Waals surface area contributed by atoms with Crippen LogP contribution in [0.5, 0.6) is 5.75 Å². The molecule has 1 aliphatic heterocycles. The zero-order valence-electron chi connectivity index (χ0n) is 19.9. The molecule has 1 aliphatic rings. The fourth-order valence-electron chi connectivity index (χ4n) is 3.56. The zero-order valence-corrected chi connectivity index (χ0v) is 22.2. The van der Waals surface area contributed by atoms with Crippen LogP contribution in [0.4, 0.5) is 0 Å². The molecule has 0 bridgehead atoms. The molecule has 7 heteroatoms. The number of guanidine groups is 1. The van der Waals surface area contributed by atoms with Crippen LogP contribution in [-0.2, 0) is 11.2 Å². The second-order valence-electron chi connectivity index (χ2n) is 8.47. The van der Waals surface area contributed by atoms with Gasteiger partial charge in [0.15, 0.2) is 5.96 Å². The van der Waals surface area contributed by atoms with Crippen molar-refractivity contribution in [1.82, 2.24) is 15.5 Å². The summed E-state index contributed by atoms with van der Waals surface area (Å²) < 4.78 is 10.9.